The van der Waals surface area contributed by atoms with Crippen LogP contribution < -0.4 is 15.4 Å². The van der Waals surface area contributed by atoms with Crippen LogP contribution >= 0.6 is 0 Å². The van der Waals surface area contributed by atoms with Gasteiger partial charge in [0.25, 0.3) is 5.91 Å². The second-order valence-corrected chi connectivity index (χ2v) is 4.22. The maximum atomic E-state index is 12.0. The fourth-order valence-corrected chi connectivity index (χ4v) is 2.17. The van der Waals surface area contributed by atoms with Gasteiger partial charge in [-0.15, -0.1) is 0 Å². The number of ether oxygens (including phenoxy) is 1. The first-order valence-corrected chi connectivity index (χ1v) is 5.81. The van der Waals surface area contributed by atoms with Gasteiger partial charge in [-0.05, 0) is 30.7 Å². The summed E-state index contributed by atoms with van der Waals surface area (Å²) >= 11 is 0. The van der Waals surface area contributed by atoms with Crippen molar-refractivity contribution in [3.8, 4) is 5.75 Å². The summed E-state index contributed by atoms with van der Waals surface area (Å²) in [5.41, 5.74) is 1.82. The van der Waals surface area contributed by atoms with E-state index in [9.17, 15) is 4.79 Å². The zero-order chi connectivity index (χ0) is 11.7. The van der Waals surface area contributed by atoms with Gasteiger partial charge in [0, 0.05) is 6.54 Å². The van der Waals surface area contributed by atoms with Crippen LogP contribution in [0.4, 0.5) is 5.69 Å². The fraction of sp³-hybridized carbons (Fsp3) is 0.308. The number of hydrogen-bond acceptors (Lipinski definition) is 3. The Balaban J connectivity index is 1.89. The van der Waals surface area contributed by atoms with Crippen LogP contribution in [0.3, 0.4) is 0 Å². The molecule has 1 atom stereocenters. The number of para-hydroxylation sites is 2. The number of amides is 1. The molecule has 1 unspecified atom stereocenters. The Morgan fingerprint density at radius 2 is 2.18 bits per heavy atom. The van der Waals surface area contributed by atoms with Gasteiger partial charge in [-0.1, -0.05) is 18.2 Å². The van der Waals surface area contributed by atoms with E-state index in [0.717, 1.165) is 36.5 Å². The summed E-state index contributed by atoms with van der Waals surface area (Å²) in [5, 5.41) is 6.11. The van der Waals surface area contributed by atoms with E-state index in [0.29, 0.717) is 0 Å². The van der Waals surface area contributed by atoms with E-state index in [4.69, 9.17) is 4.74 Å². The number of carbonyl (C=O) groups is 1. The van der Waals surface area contributed by atoms with Gasteiger partial charge < -0.3 is 15.4 Å². The number of hydrogen-bond donors (Lipinski definition) is 2. The SMILES string of the molecule is O=C1Nc2ccccc2OC1C1=CCNCC1. The maximum Gasteiger partial charge on any atom is 0.269 e. The van der Waals surface area contributed by atoms with Crippen LogP contribution in [0.5, 0.6) is 5.75 Å². The fourth-order valence-electron chi connectivity index (χ4n) is 2.17. The predicted octanol–water partition coefficient (Wildman–Crippen LogP) is 1.31. The molecule has 0 spiro atoms. The van der Waals surface area contributed by atoms with Crippen molar-refractivity contribution in [1.29, 1.82) is 0 Å². The van der Waals surface area contributed by atoms with Crippen molar-refractivity contribution in [1.82, 2.24) is 5.32 Å². The van der Waals surface area contributed by atoms with E-state index in [1.807, 2.05) is 30.3 Å². The van der Waals surface area contributed by atoms with Crippen LogP contribution in [0.25, 0.3) is 0 Å². The van der Waals surface area contributed by atoms with Gasteiger partial charge in [0.2, 0.25) is 0 Å². The molecule has 1 aromatic rings. The molecule has 88 valence electrons. The topological polar surface area (TPSA) is 50.4 Å². The lowest BCUT2D eigenvalue weighted by atomic mass is 10.0. The third kappa shape index (κ3) is 1.91. The average molecular weight is 230 g/mol. The van der Waals surface area contributed by atoms with Gasteiger partial charge >= 0.3 is 0 Å². The molecule has 2 aliphatic rings. The quantitative estimate of drug-likeness (QED) is 0.715. The van der Waals surface area contributed by atoms with Crippen molar-refractivity contribution in [3.63, 3.8) is 0 Å². The van der Waals surface area contributed by atoms with E-state index in [-0.39, 0.29) is 5.91 Å². The van der Waals surface area contributed by atoms with E-state index in [2.05, 4.69) is 10.6 Å². The Morgan fingerprint density at radius 1 is 1.29 bits per heavy atom. The number of benzene rings is 1. The Labute approximate surface area is 99.7 Å². The van der Waals surface area contributed by atoms with Gasteiger partial charge in [0.1, 0.15) is 5.75 Å². The molecule has 0 radical (unpaired) electrons. The van der Waals surface area contributed by atoms with Gasteiger partial charge in [-0.2, -0.15) is 0 Å². The van der Waals surface area contributed by atoms with Crippen molar-refractivity contribution < 1.29 is 9.53 Å². The molecule has 4 heteroatoms. The first-order chi connectivity index (χ1) is 8.34. The van der Waals surface area contributed by atoms with Crippen LogP contribution in [0.2, 0.25) is 0 Å². The first kappa shape index (κ1) is 10.4. The molecule has 0 aliphatic carbocycles. The van der Waals surface area contributed by atoms with Gasteiger partial charge in [-0.3, -0.25) is 4.79 Å². The van der Waals surface area contributed by atoms with Crippen LogP contribution in [-0.4, -0.2) is 25.1 Å². The number of carbonyl (C=O) groups excluding carboxylic acids is 1. The summed E-state index contributed by atoms with van der Waals surface area (Å²) in [6.45, 7) is 1.71. The van der Waals surface area contributed by atoms with Crippen LogP contribution in [0, 0.1) is 0 Å². The van der Waals surface area contributed by atoms with Crippen molar-refractivity contribution >= 4 is 11.6 Å². The molecular weight excluding hydrogens is 216 g/mol. The standard InChI is InChI=1S/C13H14N2O2/c16-13-12(9-5-7-14-8-6-9)17-11-4-2-1-3-10(11)15-13/h1-5,12,14H,6-8H2,(H,15,16). The van der Waals surface area contributed by atoms with Crippen molar-refractivity contribution in [2.24, 2.45) is 0 Å². The molecule has 4 nitrogen and oxygen atoms in total. The van der Waals surface area contributed by atoms with Crippen LogP contribution in [0.15, 0.2) is 35.9 Å². The lowest BCUT2D eigenvalue weighted by Crippen LogP contribution is -2.40. The minimum atomic E-state index is -0.466. The van der Waals surface area contributed by atoms with Crippen LogP contribution in [-0.2, 0) is 4.79 Å². The molecule has 1 amide bonds. The van der Waals surface area contributed by atoms with E-state index in [1.54, 1.807) is 0 Å². The van der Waals surface area contributed by atoms with E-state index in [1.165, 1.54) is 0 Å². The Hall–Kier alpha value is -1.81. The second kappa shape index (κ2) is 4.22. The van der Waals surface area contributed by atoms with Gasteiger partial charge in [0.05, 0.1) is 5.69 Å². The van der Waals surface area contributed by atoms with E-state index >= 15 is 0 Å². The number of nitrogens with one attached hydrogen (secondary N) is 2. The van der Waals surface area contributed by atoms with Crippen molar-refractivity contribution in [2.45, 2.75) is 12.5 Å². The Bertz CT molecular complexity index is 482. The summed E-state index contributed by atoms with van der Waals surface area (Å²) in [6, 6.07) is 7.51. The number of anilines is 1. The highest BCUT2D eigenvalue weighted by molar-refractivity contribution is 5.99. The molecule has 2 N–H and O–H groups in total. The minimum Gasteiger partial charge on any atom is -0.474 e. The maximum absolute atomic E-state index is 12.0. The number of fused-ring (bicyclic) bond motifs is 1. The molecule has 3 rings (SSSR count). The monoisotopic (exact) mass is 230 g/mol. The molecule has 0 bridgehead atoms. The molecule has 0 saturated carbocycles. The smallest absolute Gasteiger partial charge is 0.269 e. The Kier molecular flexibility index (Phi) is 2.57. The summed E-state index contributed by atoms with van der Waals surface area (Å²) in [5.74, 6) is 0.674. The summed E-state index contributed by atoms with van der Waals surface area (Å²) in [7, 11) is 0. The normalized spacial score (nSPS) is 23.2. The van der Waals surface area contributed by atoms with Gasteiger partial charge in [0.15, 0.2) is 6.10 Å². The molecule has 1 aromatic carbocycles. The van der Waals surface area contributed by atoms with E-state index < -0.39 is 6.10 Å². The van der Waals surface area contributed by atoms with Crippen LogP contribution in [0.1, 0.15) is 6.42 Å². The largest absolute Gasteiger partial charge is 0.474 e. The predicted molar refractivity (Wildman–Crippen MR) is 65.1 cm³/mol. The Morgan fingerprint density at radius 3 is 3.00 bits per heavy atom. The molecule has 2 aliphatic heterocycles. The molecular formula is C13H14N2O2. The molecule has 17 heavy (non-hydrogen) atoms. The third-order valence-electron chi connectivity index (χ3n) is 3.06. The van der Waals surface area contributed by atoms with Crippen molar-refractivity contribution in [3.05, 3.63) is 35.9 Å². The van der Waals surface area contributed by atoms with Crippen molar-refractivity contribution in [2.75, 3.05) is 18.4 Å². The third-order valence-corrected chi connectivity index (χ3v) is 3.06. The number of rotatable bonds is 1. The second-order valence-electron chi connectivity index (χ2n) is 4.22. The first-order valence-electron chi connectivity index (χ1n) is 5.81. The molecule has 0 saturated heterocycles. The molecule has 0 fully saturated rings. The molecule has 0 aromatic heterocycles. The average Bonchev–Trinajstić information content (AvgIpc) is 2.39. The highest BCUT2D eigenvalue weighted by Gasteiger charge is 2.30. The van der Waals surface area contributed by atoms with Gasteiger partial charge in [-0.25, -0.2) is 0 Å². The minimum absolute atomic E-state index is 0.0724. The lowest BCUT2D eigenvalue weighted by molar-refractivity contribution is -0.122. The zero-order valence-electron chi connectivity index (χ0n) is 9.40. The summed E-state index contributed by atoms with van der Waals surface area (Å²) in [4.78, 5) is 12.0. The molecule has 2 heterocycles. The zero-order valence-corrected chi connectivity index (χ0v) is 9.40. The lowest BCUT2D eigenvalue weighted by Gasteiger charge is -2.29. The summed E-state index contributed by atoms with van der Waals surface area (Å²) < 4.78 is 5.78. The highest BCUT2D eigenvalue weighted by Crippen LogP contribution is 2.31. The highest BCUT2D eigenvalue weighted by atomic mass is 16.5. The summed E-state index contributed by atoms with van der Waals surface area (Å²) in [6.07, 6.45) is 2.44.